The highest BCUT2D eigenvalue weighted by Gasteiger charge is 2.29. The van der Waals surface area contributed by atoms with Gasteiger partial charge in [0.05, 0.1) is 12.9 Å². The molecule has 0 aliphatic heterocycles. The molecule has 2 atom stereocenters. The summed E-state index contributed by atoms with van der Waals surface area (Å²) in [6, 6.07) is 16.1. The summed E-state index contributed by atoms with van der Waals surface area (Å²) < 4.78 is 7.57. The Balaban J connectivity index is 1.55. The molecule has 0 bridgehead atoms. The van der Waals surface area contributed by atoms with Gasteiger partial charge in [-0.05, 0) is 67.5 Å². The normalized spacial score (nSPS) is 18.2. The first-order valence-electron chi connectivity index (χ1n) is 11.2. The third-order valence-electron chi connectivity index (χ3n) is 6.10. The molecule has 1 N–H and O–H groups in total. The second-order valence-corrected chi connectivity index (χ2v) is 10.1. The molecule has 0 saturated heterocycles. The molecule has 8 heteroatoms. The Morgan fingerprint density at radius 3 is 2.67 bits per heavy atom. The zero-order chi connectivity index (χ0) is 23.2. The van der Waals surface area contributed by atoms with Crippen molar-refractivity contribution in [3.8, 4) is 17.1 Å². The first-order chi connectivity index (χ1) is 16.1. The number of carbonyl (C=O) groups is 1. The maximum absolute atomic E-state index is 12.7. The number of nitrogens with one attached hydrogen (secondary N) is 1. The van der Waals surface area contributed by atoms with Crippen LogP contribution in [0.4, 0.5) is 5.69 Å². The number of amides is 1. The van der Waals surface area contributed by atoms with Gasteiger partial charge in [-0.2, -0.15) is 0 Å². The molecular weight excluding hydrogens is 452 g/mol. The number of rotatable bonds is 8. The Hall–Kier alpha value is -2.45. The number of hydrogen-bond donors (Lipinski definition) is 1. The lowest BCUT2D eigenvalue weighted by molar-refractivity contribution is -0.113. The molecule has 1 aliphatic rings. The molecule has 1 fully saturated rings. The number of ether oxygens (including phenoxy) is 1. The van der Waals surface area contributed by atoms with Crippen molar-refractivity contribution in [3.63, 3.8) is 0 Å². The van der Waals surface area contributed by atoms with Crippen molar-refractivity contribution in [2.75, 3.05) is 24.4 Å². The Bertz CT molecular complexity index is 1080. The Labute approximate surface area is 203 Å². The van der Waals surface area contributed by atoms with Crippen LogP contribution in [0.3, 0.4) is 0 Å². The highest BCUT2D eigenvalue weighted by atomic mass is 32.2. The first-order valence-corrected chi connectivity index (χ1v) is 13.5. The summed E-state index contributed by atoms with van der Waals surface area (Å²) in [5.41, 5.74) is 1.82. The molecule has 2 aromatic carbocycles. The van der Waals surface area contributed by atoms with Crippen molar-refractivity contribution in [2.45, 2.75) is 48.7 Å². The lowest BCUT2D eigenvalue weighted by Crippen LogP contribution is -2.23. The van der Waals surface area contributed by atoms with Crippen LogP contribution in [-0.2, 0) is 4.79 Å². The number of hydrogen-bond acceptors (Lipinski definition) is 6. The van der Waals surface area contributed by atoms with E-state index in [1.165, 1.54) is 31.0 Å². The number of benzene rings is 2. The summed E-state index contributed by atoms with van der Waals surface area (Å²) in [5, 5.41) is 12.9. The summed E-state index contributed by atoms with van der Waals surface area (Å²) in [6.07, 6.45) is 6.78. The summed E-state index contributed by atoms with van der Waals surface area (Å²) in [5.74, 6) is 2.44. The zero-order valence-electron chi connectivity index (χ0n) is 19.3. The summed E-state index contributed by atoms with van der Waals surface area (Å²) in [4.78, 5) is 13.8. The van der Waals surface area contributed by atoms with Gasteiger partial charge in [0.25, 0.3) is 0 Å². The predicted molar refractivity (Wildman–Crippen MR) is 136 cm³/mol. The molecule has 174 valence electrons. The van der Waals surface area contributed by atoms with Crippen LogP contribution in [0, 0.1) is 5.92 Å². The van der Waals surface area contributed by atoms with Crippen molar-refractivity contribution in [1.29, 1.82) is 0 Å². The standard InChI is InChI=1S/C25H30N4O2S2/c1-17-7-4-5-10-22(17)29-24(18-11-13-20(31-2)14-12-18)27-28-25(29)33-16-23(30)26-19-8-6-9-21(15-19)32-3/h6,8-9,11-15,17,22H,4-5,7,10,16H2,1-3H3,(H,26,30). The fraction of sp³-hybridized carbons (Fsp3) is 0.400. The Morgan fingerprint density at radius 1 is 1.15 bits per heavy atom. The van der Waals surface area contributed by atoms with E-state index in [1.807, 2.05) is 54.8 Å². The van der Waals surface area contributed by atoms with Crippen LogP contribution in [0.25, 0.3) is 11.4 Å². The van der Waals surface area contributed by atoms with E-state index < -0.39 is 0 Å². The van der Waals surface area contributed by atoms with E-state index in [4.69, 9.17) is 4.74 Å². The van der Waals surface area contributed by atoms with Crippen molar-refractivity contribution >= 4 is 35.1 Å². The highest BCUT2D eigenvalue weighted by molar-refractivity contribution is 7.99. The minimum absolute atomic E-state index is 0.0458. The van der Waals surface area contributed by atoms with Crippen LogP contribution in [0.2, 0.25) is 0 Å². The predicted octanol–water partition coefficient (Wildman–Crippen LogP) is 6.16. The van der Waals surface area contributed by atoms with Crippen LogP contribution < -0.4 is 10.1 Å². The molecule has 2 unspecified atom stereocenters. The number of methoxy groups -OCH3 is 1. The van der Waals surface area contributed by atoms with Gasteiger partial charge in [-0.1, -0.05) is 37.6 Å². The second kappa shape index (κ2) is 11.1. The SMILES string of the molecule is COc1ccc(-c2nnc(SCC(=O)Nc3cccc(SC)c3)n2C2CCCCC2C)cc1. The topological polar surface area (TPSA) is 69.0 Å². The number of nitrogens with zero attached hydrogens (tertiary/aromatic N) is 3. The average Bonchev–Trinajstić information content (AvgIpc) is 3.27. The van der Waals surface area contributed by atoms with Gasteiger partial charge in [-0.15, -0.1) is 22.0 Å². The molecule has 4 rings (SSSR count). The molecular formula is C25H30N4O2S2. The van der Waals surface area contributed by atoms with E-state index in [0.717, 1.165) is 39.3 Å². The Morgan fingerprint density at radius 2 is 1.94 bits per heavy atom. The van der Waals surface area contributed by atoms with E-state index in [9.17, 15) is 4.79 Å². The molecule has 1 aliphatic carbocycles. The third kappa shape index (κ3) is 5.73. The summed E-state index contributed by atoms with van der Waals surface area (Å²) in [6.45, 7) is 2.31. The Kier molecular flexibility index (Phi) is 7.98. The van der Waals surface area contributed by atoms with Crippen LogP contribution in [0.15, 0.2) is 58.6 Å². The van der Waals surface area contributed by atoms with Gasteiger partial charge < -0.3 is 10.1 Å². The van der Waals surface area contributed by atoms with Crippen LogP contribution in [0.1, 0.15) is 38.6 Å². The average molecular weight is 483 g/mol. The van der Waals surface area contributed by atoms with E-state index in [0.29, 0.717) is 12.0 Å². The van der Waals surface area contributed by atoms with Gasteiger partial charge in [-0.25, -0.2) is 0 Å². The molecule has 1 aromatic heterocycles. The molecule has 3 aromatic rings. The van der Waals surface area contributed by atoms with Gasteiger partial charge >= 0.3 is 0 Å². The third-order valence-corrected chi connectivity index (χ3v) is 7.76. The first kappa shape index (κ1) is 23.7. The van der Waals surface area contributed by atoms with E-state index in [1.54, 1.807) is 18.9 Å². The van der Waals surface area contributed by atoms with Crippen molar-refractivity contribution < 1.29 is 9.53 Å². The van der Waals surface area contributed by atoms with Crippen LogP contribution >= 0.6 is 23.5 Å². The molecule has 6 nitrogen and oxygen atoms in total. The quantitative estimate of drug-likeness (QED) is 0.388. The fourth-order valence-electron chi connectivity index (χ4n) is 4.32. The molecule has 1 heterocycles. The maximum atomic E-state index is 12.7. The lowest BCUT2D eigenvalue weighted by Gasteiger charge is -2.31. The van der Waals surface area contributed by atoms with Gasteiger partial charge in [0.2, 0.25) is 5.91 Å². The van der Waals surface area contributed by atoms with E-state index in [2.05, 4.69) is 27.0 Å². The smallest absolute Gasteiger partial charge is 0.234 e. The highest BCUT2D eigenvalue weighted by Crippen LogP contribution is 2.39. The largest absolute Gasteiger partial charge is 0.497 e. The maximum Gasteiger partial charge on any atom is 0.234 e. The lowest BCUT2D eigenvalue weighted by atomic mass is 9.85. The molecule has 33 heavy (non-hydrogen) atoms. The minimum Gasteiger partial charge on any atom is -0.497 e. The molecule has 0 radical (unpaired) electrons. The molecule has 0 spiro atoms. The van der Waals surface area contributed by atoms with Crippen LogP contribution in [-0.4, -0.2) is 39.8 Å². The van der Waals surface area contributed by atoms with E-state index >= 15 is 0 Å². The number of carbonyl (C=O) groups excluding carboxylic acids is 1. The van der Waals surface area contributed by atoms with Gasteiger partial charge in [0, 0.05) is 22.2 Å². The van der Waals surface area contributed by atoms with Crippen molar-refractivity contribution in [3.05, 3.63) is 48.5 Å². The number of anilines is 1. The van der Waals surface area contributed by atoms with E-state index in [-0.39, 0.29) is 11.7 Å². The zero-order valence-corrected chi connectivity index (χ0v) is 20.9. The van der Waals surface area contributed by atoms with Gasteiger partial charge in [-0.3, -0.25) is 9.36 Å². The molecule has 1 amide bonds. The minimum atomic E-state index is -0.0458. The fourth-order valence-corrected chi connectivity index (χ4v) is 5.57. The summed E-state index contributed by atoms with van der Waals surface area (Å²) in [7, 11) is 1.67. The van der Waals surface area contributed by atoms with Crippen molar-refractivity contribution in [2.24, 2.45) is 5.92 Å². The number of thioether (sulfide) groups is 2. The van der Waals surface area contributed by atoms with Crippen LogP contribution in [0.5, 0.6) is 5.75 Å². The second-order valence-electron chi connectivity index (χ2n) is 8.30. The van der Waals surface area contributed by atoms with Gasteiger partial charge in [0.15, 0.2) is 11.0 Å². The number of aromatic nitrogens is 3. The monoisotopic (exact) mass is 482 g/mol. The molecule has 1 saturated carbocycles. The van der Waals surface area contributed by atoms with Crippen molar-refractivity contribution in [1.82, 2.24) is 14.8 Å². The summed E-state index contributed by atoms with van der Waals surface area (Å²) >= 11 is 3.11. The van der Waals surface area contributed by atoms with Gasteiger partial charge in [0.1, 0.15) is 5.75 Å².